The highest BCUT2D eigenvalue weighted by molar-refractivity contribution is 7.73. The van der Waals surface area contributed by atoms with Gasteiger partial charge < -0.3 is 9.26 Å². The van der Waals surface area contributed by atoms with E-state index in [9.17, 15) is 8.42 Å². The number of ether oxygens (including phenoxy) is 1. The van der Waals surface area contributed by atoms with Crippen molar-refractivity contribution in [2.45, 2.75) is 25.4 Å². The van der Waals surface area contributed by atoms with Gasteiger partial charge in [0.15, 0.2) is 0 Å². The second-order valence-electron chi connectivity index (χ2n) is 8.37. The first-order valence-electron chi connectivity index (χ1n) is 11.3. The van der Waals surface area contributed by atoms with Gasteiger partial charge in [-0.1, -0.05) is 63.9 Å². The lowest BCUT2D eigenvalue weighted by atomic mass is 10.0. The molecule has 6 nitrogen and oxygen atoms in total. The van der Waals surface area contributed by atoms with Crippen molar-refractivity contribution in [3.63, 3.8) is 0 Å². The van der Waals surface area contributed by atoms with Crippen LogP contribution in [0.4, 0.5) is 5.69 Å². The Morgan fingerprint density at radius 1 is 0.973 bits per heavy atom. The summed E-state index contributed by atoms with van der Waals surface area (Å²) in [6, 6.07) is 17.3. The number of nitrogens with zero attached hydrogens (tertiary/aromatic N) is 1. The van der Waals surface area contributed by atoms with E-state index in [0.717, 1.165) is 24.2 Å². The molecule has 0 saturated heterocycles. The normalized spacial score (nSPS) is 12.8. The maximum Gasteiger partial charge on any atom is 0.222 e. The van der Waals surface area contributed by atoms with Gasteiger partial charge in [0.1, 0.15) is 23.8 Å². The summed E-state index contributed by atoms with van der Waals surface area (Å²) in [5, 5.41) is 5.67. The van der Waals surface area contributed by atoms with E-state index in [1.54, 1.807) is 60.7 Å². The molecule has 0 unspecified atom stereocenters. The Balaban J connectivity index is 1.36. The largest absolute Gasteiger partial charge is 0.489 e. The molecule has 188 valence electrons. The fourth-order valence-corrected chi connectivity index (χ4v) is 4.95. The van der Waals surface area contributed by atoms with Crippen LogP contribution in [0, 0.1) is 11.8 Å². The van der Waals surface area contributed by atoms with Gasteiger partial charge in [0.2, 0.25) is 10.9 Å². The Hall–Kier alpha value is -3.15. The maximum atomic E-state index is 10.9. The lowest BCUT2D eigenvalue weighted by molar-refractivity contribution is 0.300. The smallest absolute Gasteiger partial charge is 0.222 e. The summed E-state index contributed by atoms with van der Waals surface area (Å²) in [4.78, 5) is 0. The third-order valence-electron chi connectivity index (χ3n) is 5.71. The van der Waals surface area contributed by atoms with Crippen molar-refractivity contribution >= 4 is 51.4 Å². The number of hydrogen-bond acceptors (Lipinski definition) is 5. The van der Waals surface area contributed by atoms with Crippen LogP contribution < -0.4 is 9.46 Å². The van der Waals surface area contributed by atoms with E-state index in [-0.39, 0.29) is 6.61 Å². The molecule has 1 aliphatic carbocycles. The first kappa shape index (κ1) is 25.5. The molecule has 3 aromatic carbocycles. The van der Waals surface area contributed by atoms with Crippen LogP contribution in [0.5, 0.6) is 5.75 Å². The molecule has 4 aromatic rings. The Morgan fingerprint density at radius 3 is 2.43 bits per heavy atom. The number of anilines is 1. The third kappa shape index (κ3) is 6.06. The fourth-order valence-electron chi connectivity index (χ4n) is 3.80. The first-order valence-corrected chi connectivity index (χ1v) is 13.6. The van der Waals surface area contributed by atoms with Crippen LogP contribution in [-0.2, 0) is 17.5 Å². The zero-order chi connectivity index (χ0) is 25.9. The molecule has 0 spiro atoms. The minimum absolute atomic E-state index is 0.204. The summed E-state index contributed by atoms with van der Waals surface area (Å²) in [5.41, 5.74) is 3.69. The average Bonchev–Trinajstić information content (AvgIpc) is 3.62. The van der Waals surface area contributed by atoms with Gasteiger partial charge in [-0.15, -0.1) is 0 Å². The number of benzene rings is 3. The molecule has 0 atom stereocenters. The van der Waals surface area contributed by atoms with Gasteiger partial charge in [-0.2, -0.15) is 0 Å². The number of rotatable bonds is 7. The predicted octanol–water partition coefficient (Wildman–Crippen LogP) is 7.10. The van der Waals surface area contributed by atoms with Crippen LogP contribution in [0.2, 0.25) is 15.1 Å². The van der Waals surface area contributed by atoms with Crippen LogP contribution in [0.1, 0.15) is 41.2 Å². The highest BCUT2D eigenvalue weighted by Crippen LogP contribution is 2.46. The molecule has 5 rings (SSSR count). The molecule has 1 fully saturated rings. The van der Waals surface area contributed by atoms with E-state index < -0.39 is 10.9 Å². The number of hydrogen-bond donors (Lipinski definition) is 2. The van der Waals surface area contributed by atoms with Gasteiger partial charge in [-0.3, -0.25) is 4.72 Å². The summed E-state index contributed by atoms with van der Waals surface area (Å²) < 4.78 is 35.9. The van der Waals surface area contributed by atoms with Crippen molar-refractivity contribution in [3.05, 3.63) is 98.2 Å². The lowest BCUT2D eigenvalue weighted by Gasteiger charge is -2.10. The molecule has 10 heteroatoms. The van der Waals surface area contributed by atoms with Crippen molar-refractivity contribution in [2.24, 2.45) is 0 Å². The number of thiol groups is 1. The molecule has 1 N–H and O–H groups in total. The Morgan fingerprint density at radius 2 is 1.73 bits per heavy atom. The summed E-state index contributed by atoms with van der Waals surface area (Å²) in [5.74, 6) is 7.66. The Bertz CT molecular complexity index is 1590. The minimum Gasteiger partial charge on any atom is -0.489 e. The molecular formula is C27H19Cl3N2O4S. The fraction of sp³-hybridized carbons (Fsp3) is 0.148. The van der Waals surface area contributed by atoms with E-state index in [2.05, 4.69) is 21.7 Å². The van der Waals surface area contributed by atoms with Gasteiger partial charge >= 0.3 is 0 Å². The van der Waals surface area contributed by atoms with Crippen LogP contribution in [0.25, 0.3) is 11.3 Å². The highest BCUT2D eigenvalue weighted by atomic mass is 35.5. The molecule has 1 aromatic heterocycles. The Labute approximate surface area is 230 Å². The van der Waals surface area contributed by atoms with Gasteiger partial charge in [-0.05, 0) is 55.3 Å². The molecule has 0 aliphatic heterocycles. The summed E-state index contributed by atoms with van der Waals surface area (Å²) >= 11 is 19.3. The molecule has 0 radical (unpaired) electrons. The van der Waals surface area contributed by atoms with Crippen LogP contribution >= 0.6 is 34.8 Å². The van der Waals surface area contributed by atoms with Gasteiger partial charge in [0.05, 0.1) is 20.6 Å². The van der Waals surface area contributed by atoms with Crippen LogP contribution in [0.3, 0.4) is 0 Å². The molecule has 37 heavy (non-hydrogen) atoms. The zero-order valence-electron chi connectivity index (χ0n) is 19.1. The Kier molecular flexibility index (Phi) is 7.63. The van der Waals surface area contributed by atoms with Gasteiger partial charge in [-0.25, -0.2) is 8.42 Å². The standard InChI is InChI=1S/C27H19Cl3N2O4S/c28-22-5-2-6-23(29)25(22)26-21(27(36-31-26)18-9-10-18)15-35-20-12-11-17(24(30)14-20)8-7-16-3-1-4-19(13-16)32-37(33)34/h1-6,11-14,18,37H,9-10,15H2,(H,32,33,34). The quantitative estimate of drug-likeness (QED) is 0.182. The van der Waals surface area contributed by atoms with Crippen LogP contribution in [0.15, 0.2) is 65.2 Å². The second-order valence-corrected chi connectivity index (χ2v) is 10.3. The summed E-state index contributed by atoms with van der Waals surface area (Å²) in [7, 11) is -2.75. The van der Waals surface area contributed by atoms with Crippen molar-refractivity contribution in [1.29, 1.82) is 0 Å². The highest BCUT2D eigenvalue weighted by Gasteiger charge is 2.33. The van der Waals surface area contributed by atoms with E-state index in [1.165, 1.54) is 0 Å². The van der Waals surface area contributed by atoms with E-state index in [0.29, 0.717) is 54.8 Å². The number of nitrogens with one attached hydrogen (secondary N) is 1. The topological polar surface area (TPSA) is 81.4 Å². The van der Waals surface area contributed by atoms with Crippen LogP contribution in [-0.4, -0.2) is 13.6 Å². The summed E-state index contributed by atoms with van der Waals surface area (Å²) in [6.45, 7) is 0.204. The molecule has 0 amide bonds. The second kappa shape index (κ2) is 11.1. The summed E-state index contributed by atoms with van der Waals surface area (Å²) in [6.07, 6.45) is 2.07. The van der Waals surface area contributed by atoms with E-state index in [1.807, 2.05) is 0 Å². The molecule has 0 bridgehead atoms. The average molecular weight is 574 g/mol. The minimum atomic E-state index is -2.75. The molecule has 1 aliphatic rings. The van der Waals surface area contributed by atoms with Crippen molar-refractivity contribution in [3.8, 4) is 28.8 Å². The molecular weight excluding hydrogens is 555 g/mol. The molecule has 1 saturated carbocycles. The number of halogens is 3. The third-order valence-corrected chi connectivity index (χ3v) is 7.10. The van der Waals surface area contributed by atoms with Crippen molar-refractivity contribution in [2.75, 3.05) is 4.72 Å². The lowest BCUT2D eigenvalue weighted by Crippen LogP contribution is -2.00. The number of aromatic nitrogens is 1. The van der Waals surface area contributed by atoms with Gasteiger partial charge in [0.25, 0.3) is 0 Å². The van der Waals surface area contributed by atoms with Crippen molar-refractivity contribution in [1.82, 2.24) is 5.16 Å². The SMILES string of the molecule is O=[SH](=O)Nc1cccc(C#Cc2ccc(OCc3c(-c4c(Cl)cccc4Cl)noc3C3CC3)cc2Cl)c1. The zero-order valence-corrected chi connectivity index (χ0v) is 22.3. The first-order chi connectivity index (χ1) is 17.9. The van der Waals surface area contributed by atoms with E-state index in [4.69, 9.17) is 44.1 Å². The maximum absolute atomic E-state index is 10.9. The van der Waals surface area contributed by atoms with Gasteiger partial charge in [0, 0.05) is 34.4 Å². The predicted molar refractivity (Wildman–Crippen MR) is 146 cm³/mol. The van der Waals surface area contributed by atoms with Crippen molar-refractivity contribution < 1.29 is 17.7 Å². The molecule has 1 heterocycles. The van der Waals surface area contributed by atoms with E-state index >= 15 is 0 Å². The monoisotopic (exact) mass is 572 g/mol.